The highest BCUT2D eigenvalue weighted by Gasteiger charge is 2.46. The lowest BCUT2D eigenvalue weighted by Crippen LogP contribution is -2.59. The van der Waals surface area contributed by atoms with Crippen LogP contribution in [0.3, 0.4) is 0 Å². The van der Waals surface area contributed by atoms with Crippen molar-refractivity contribution < 1.29 is 54.1 Å². The van der Waals surface area contributed by atoms with Gasteiger partial charge in [0.1, 0.15) is 40.1 Å². The number of benzene rings is 3. The molecule has 5 atom stereocenters. The lowest BCUT2D eigenvalue weighted by molar-refractivity contribution is -0.271. The highest BCUT2D eigenvalue weighted by Crippen LogP contribution is 2.36. The van der Waals surface area contributed by atoms with E-state index in [0.29, 0.717) is 5.56 Å². The predicted octanol–water partition coefficient (Wildman–Crippen LogP) is 2.75. The van der Waals surface area contributed by atoms with Gasteiger partial charge in [-0.05, 0) is 48.9 Å². The summed E-state index contributed by atoms with van der Waals surface area (Å²) < 4.78 is 22.3. The molecule has 1 aliphatic heterocycles. The van der Waals surface area contributed by atoms with Gasteiger partial charge in [-0.1, -0.05) is 12.1 Å². The van der Waals surface area contributed by atoms with Crippen LogP contribution in [0.25, 0.3) is 28.4 Å². The Morgan fingerprint density at radius 2 is 1.62 bits per heavy atom. The molecule has 0 bridgehead atoms. The number of fused-ring (bicyclic) bond motifs is 1. The van der Waals surface area contributed by atoms with Gasteiger partial charge < -0.3 is 49.3 Å². The minimum Gasteiger partial charge on any atom is -0.508 e. The van der Waals surface area contributed by atoms with Gasteiger partial charge >= 0.3 is 5.97 Å². The van der Waals surface area contributed by atoms with E-state index in [-0.39, 0.29) is 45.3 Å². The normalized spacial score (nSPS) is 22.3. The van der Waals surface area contributed by atoms with Gasteiger partial charge in [0.05, 0.1) is 6.10 Å². The monoisotopic (exact) mass is 578 g/mol. The number of aliphatic hydroxyl groups is 2. The fourth-order valence-electron chi connectivity index (χ4n) is 4.44. The summed E-state index contributed by atoms with van der Waals surface area (Å²) in [6, 6.07) is 13.3. The highest BCUT2D eigenvalue weighted by atomic mass is 16.7. The van der Waals surface area contributed by atoms with E-state index >= 15 is 0 Å². The molecule has 0 aliphatic carbocycles. The first-order valence-electron chi connectivity index (χ1n) is 12.7. The van der Waals surface area contributed by atoms with Crippen LogP contribution in [0.1, 0.15) is 12.5 Å². The summed E-state index contributed by atoms with van der Waals surface area (Å²) in [5.41, 5.74) is 0.185. The van der Waals surface area contributed by atoms with Crippen LogP contribution in [0.15, 0.2) is 76.0 Å². The second-order valence-electron chi connectivity index (χ2n) is 9.63. The van der Waals surface area contributed by atoms with Crippen molar-refractivity contribution in [3.63, 3.8) is 0 Å². The number of phenols is 4. The van der Waals surface area contributed by atoms with Crippen LogP contribution in [0.2, 0.25) is 0 Å². The number of rotatable bonds is 6. The molecule has 0 radical (unpaired) electrons. The van der Waals surface area contributed by atoms with Crippen molar-refractivity contribution in [1.29, 1.82) is 0 Å². The zero-order valence-corrected chi connectivity index (χ0v) is 21.9. The van der Waals surface area contributed by atoms with Crippen molar-refractivity contribution in [3.8, 4) is 40.1 Å². The summed E-state index contributed by atoms with van der Waals surface area (Å²) in [5, 5.41) is 61.0. The number of ether oxygens (including phenoxy) is 3. The average molecular weight is 579 g/mol. The topological polar surface area (TPSA) is 196 Å². The SMILES string of the molecule is C[C@@H]1O[C@@H](Oc2cc(-c3cc(=O)c4c(O)cc(O)cc4o3)ccc2O)[C@H](O)[C@H](OC(=O)C=Cc2ccc(O)cc2)[C@H]1O. The van der Waals surface area contributed by atoms with Gasteiger partial charge in [-0.3, -0.25) is 4.79 Å². The third kappa shape index (κ3) is 5.86. The molecule has 6 N–H and O–H groups in total. The maximum Gasteiger partial charge on any atom is 0.331 e. The number of phenolic OH excluding ortho intramolecular Hbond substituents is 4. The number of aliphatic hydroxyl groups excluding tert-OH is 2. The number of esters is 1. The molecule has 2 heterocycles. The molecule has 218 valence electrons. The molecule has 1 aliphatic rings. The molecular weight excluding hydrogens is 552 g/mol. The van der Waals surface area contributed by atoms with Crippen LogP contribution in [0.4, 0.5) is 0 Å². The van der Waals surface area contributed by atoms with Gasteiger partial charge in [-0.25, -0.2) is 4.79 Å². The number of hydrogen-bond donors (Lipinski definition) is 6. The third-order valence-electron chi connectivity index (χ3n) is 6.62. The Kier molecular flexibility index (Phi) is 7.77. The molecular formula is C30H26O12. The first-order valence-corrected chi connectivity index (χ1v) is 12.7. The van der Waals surface area contributed by atoms with E-state index in [9.17, 15) is 40.2 Å². The Bertz CT molecular complexity index is 1710. The minimum atomic E-state index is -1.69. The van der Waals surface area contributed by atoms with Crippen LogP contribution < -0.4 is 10.2 Å². The van der Waals surface area contributed by atoms with E-state index in [1.54, 1.807) is 12.1 Å². The van der Waals surface area contributed by atoms with Crippen molar-refractivity contribution in [2.24, 2.45) is 0 Å². The largest absolute Gasteiger partial charge is 0.508 e. The zero-order chi connectivity index (χ0) is 30.1. The molecule has 0 spiro atoms. The average Bonchev–Trinajstić information content (AvgIpc) is 2.94. The Balaban J connectivity index is 1.36. The molecule has 1 fully saturated rings. The Hall–Kier alpha value is -5.04. The standard InChI is InChI=1S/C30H26O12/c1-14-27(37)29(42-25(36)9-4-15-2-6-17(31)7-3-15)28(38)30(39-14)41-23-10-16(5-8-19(23)33)22-13-21(35)26-20(34)11-18(32)12-24(26)40-22/h2-14,27-34,37-38H,1H3/t14-,27-,28+,29+,30-/m0/s1. The Morgan fingerprint density at radius 1 is 0.881 bits per heavy atom. The van der Waals surface area contributed by atoms with Crippen molar-refractivity contribution >= 4 is 23.0 Å². The Morgan fingerprint density at radius 3 is 2.36 bits per heavy atom. The van der Waals surface area contributed by atoms with Gasteiger partial charge in [0.2, 0.25) is 6.29 Å². The molecule has 12 nitrogen and oxygen atoms in total. The van der Waals surface area contributed by atoms with E-state index in [0.717, 1.165) is 24.3 Å². The minimum absolute atomic E-state index is 0.0171. The molecule has 0 saturated carbocycles. The molecule has 0 amide bonds. The third-order valence-corrected chi connectivity index (χ3v) is 6.62. The van der Waals surface area contributed by atoms with Crippen molar-refractivity contribution in [2.45, 2.75) is 37.6 Å². The second-order valence-corrected chi connectivity index (χ2v) is 9.63. The summed E-state index contributed by atoms with van der Waals surface area (Å²) in [5.74, 6) is -2.12. The van der Waals surface area contributed by atoms with Gasteiger partial charge in [-0.15, -0.1) is 0 Å². The maximum absolute atomic E-state index is 12.6. The van der Waals surface area contributed by atoms with Gasteiger partial charge in [0.15, 0.2) is 29.1 Å². The van der Waals surface area contributed by atoms with Crippen LogP contribution in [0, 0.1) is 0 Å². The van der Waals surface area contributed by atoms with E-state index in [1.807, 2.05) is 0 Å². The second kappa shape index (κ2) is 11.4. The summed E-state index contributed by atoms with van der Waals surface area (Å²) in [6.07, 6.45) is -4.49. The summed E-state index contributed by atoms with van der Waals surface area (Å²) >= 11 is 0. The van der Waals surface area contributed by atoms with Gasteiger partial charge in [0, 0.05) is 29.8 Å². The molecule has 42 heavy (non-hydrogen) atoms. The van der Waals surface area contributed by atoms with E-state index < -0.39 is 47.9 Å². The fraction of sp³-hybridized carbons (Fsp3) is 0.200. The molecule has 12 heteroatoms. The van der Waals surface area contributed by atoms with Crippen LogP contribution >= 0.6 is 0 Å². The van der Waals surface area contributed by atoms with Gasteiger partial charge in [-0.2, -0.15) is 0 Å². The molecule has 4 aromatic rings. The van der Waals surface area contributed by atoms with E-state index in [4.69, 9.17) is 18.6 Å². The van der Waals surface area contributed by atoms with Crippen molar-refractivity contribution in [1.82, 2.24) is 0 Å². The number of hydrogen-bond acceptors (Lipinski definition) is 12. The molecule has 1 aromatic heterocycles. The lowest BCUT2D eigenvalue weighted by Gasteiger charge is -2.40. The first-order chi connectivity index (χ1) is 20.0. The summed E-state index contributed by atoms with van der Waals surface area (Å²) in [7, 11) is 0. The number of carbonyl (C=O) groups excluding carboxylic acids is 1. The highest BCUT2D eigenvalue weighted by molar-refractivity contribution is 5.87. The van der Waals surface area contributed by atoms with E-state index in [1.165, 1.54) is 43.3 Å². The summed E-state index contributed by atoms with van der Waals surface area (Å²) in [4.78, 5) is 25.1. The summed E-state index contributed by atoms with van der Waals surface area (Å²) in [6.45, 7) is 1.48. The predicted molar refractivity (Wildman–Crippen MR) is 147 cm³/mol. The van der Waals surface area contributed by atoms with Crippen molar-refractivity contribution in [2.75, 3.05) is 0 Å². The van der Waals surface area contributed by atoms with E-state index in [2.05, 4.69) is 0 Å². The number of carbonyl (C=O) groups is 1. The molecule has 5 rings (SSSR count). The van der Waals surface area contributed by atoms with Crippen LogP contribution in [0.5, 0.6) is 28.7 Å². The fourth-order valence-corrected chi connectivity index (χ4v) is 4.44. The maximum atomic E-state index is 12.6. The molecule has 3 aromatic carbocycles. The van der Waals surface area contributed by atoms with Crippen molar-refractivity contribution in [3.05, 3.63) is 82.5 Å². The molecule has 1 saturated heterocycles. The first kappa shape index (κ1) is 28.5. The lowest BCUT2D eigenvalue weighted by atomic mass is 9.99. The smallest absolute Gasteiger partial charge is 0.331 e. The van der Waals surface area contributed by atoms with Gasteiger partial charge in [0.25, 0.3) is 0 Å². The van der Waals surface area contributed by atoms with Crippen LogP contribution in [-0.2, 0) is 14.3 Å². The quantitative estimate of drug-likeness (QED) is 0.145. The molecule has 0 unspecified atom stereocenters. The van der Waals surface area contributed by atoms with Crippen LogP contribution in [-0.4, -0.2) is 67.3 Å². The number of aromatic hydroxyl groups is 4. The zero-order valence-electron chi connectivity index (χ0n) is 21.9. The Labute approximate surface area is 237 Å².